The number of nitrogens with zero attached hydrogens (tertiary/aromatic N) is 2. The van der Waals surface area contributed by atoms with Crippen molar-refractivity contribution in [3.05, 3.63) is 17.7 Å². The van der Waals surface area contributed by atoms with Crippen molar-refractivity contribution >= 4 is 11.6 Å². The molecule has 1 fully saturated rings. The fourth-order valence-electron chi connectivity index (χ4n) is 2.41. The first kappa shape index (κ1) is 14.0. The van der Waals surface area contributed by atoms with Gasteiger partial charge in [-0.05, 0) is 25.7 Å². The van der Waals surface area contributed by atoms with Gasteiger partial charge in [-0.15, -0.1) is 0 Å². The van der Waals surface area contributed by atoms with Gasteiger partial charge in [-0.2, -0.15) is 0 Å². The Morgan fingerprint density at radius 2 is 2.26 bits per heavy atom. The maximum atomic E-state index is 13.8. The fourth-order valence-corrected chi connectivity index (χ4v) is 2.41. The molecule has 4 nitrogen and oxygen atoms in total. The van der Waals surface area contributed by atoms with Crippen LogP contribution >= 0.6 is 0 Å². The van der Waals surface area contributed by atoms with Crippen LogP contribution in [0.15, 0.2) is 6.07 Å². The molecule has 2 heterocycles. The lowest BCUT2D eigenvalue weighted by Gasteiger charge is -2.19. The Morgan fingerprint density at radius 1 is 1.47 bits per heavy atom. The molecule has 0 bridgehead atoms. The lowest BCUT2D eigenvalue weighted by molar-refractivity contribution is 0.263. The Hall–Kier alpha value is -1.43. The van der Waals surface area contributed by atoms with Crippen molar-refractivity contribution in [1.29, 1.82) is 0 Å². The van der Waals surface area contributed by atoms with Crippen LogP contribution in [0, 0.1) is 17.6 Å². The highest BCUT2D eigenvalue weighted by molar-refractivity contribution is 5.49. The third kappa shape index (κ3) is 3.12. The van der Waals surface area contributed by atoms with E-state index in [0.29, 0.717) is 32.0 Å². The molecular formula is C13H19F2N3O. The Morgan fingerprint density at radius 3 is 2.95 bits per heavy atom. The van der Waals surface area contributed by atoms with E-state index in [-0.39, 0.29) is 18.2 Å². The second kappa shape index (κ2) is 6.14. The van der Waals surface area contributed by atoms with E-state index in [1.54, 1.807) is 0 Å². The Labute approximate surface area is 111 Å². The predicted molar refractivity (Wildman–Crippen MR) is 70.3 cm³/mol. The van der Waals surface area contributed by atoms with Crippen molar-refractivity contribution in [3.63, 3.8) is 0 Å². The smallest absolute Gasteiger partial charge is 0.168 e. The van der Waals surface area contributed by atoms with Gasteiger partial charge >= 0.3 is 0 Å². The third-order valence-electron chi connectivity index (χ3n) is 3.38. The summed E-state index contributed by atoms with van der Waals surface area (Å²) in [5.41, 5.74) is 0. The van der Waals surface area contributed by atoms with E-state index >= 15 is 0 Å². The zero-order valence-corrected chi connectivity index (χ0v) is 11.0. The molecule has 1 unspecified atom stereocenters. The van der Waals surface area contributed by atoms with Crippen molar-refractivity contribution in [2.45, 2.75) is 19.8 Å². The van der Waals surface area contributed by atoms with Gasteiger partial charge in [0.25, 0.3) is 0 Å². The first-order valence-electron chi connectivity index (χ1n) is 6.61. The Kier molecular flexibility index (Phi) is 4.52. The van der Waals surface area contributed by atoms with Gasteiger partial charge in [0, 0.05) is 32.3 Å². The summed E-state index contributed by atoms with van der Waals surface area (Å²) in [7, 11) is 0. The largest absolute Gasteiger partial charge is 0.396 e. The number of hydrogen-bond donors (Lipinski definition) is 2. The molecule has 0 amide bonds. The van der Waals surface area contributed by atoms with Crippen molar-refractivity contribution < 1.29 is 13.9 Å². The normalized spacial score (nSPS) is 18.9. The molecular weight excluding hydrogens is 252 g/mol. The summed E-state index contributed by atoms with van der Waals surface area (Å²) < 4.78 is 27.3. The molecule has 106 valence electrons. The highest BCUT2D eigenvalue weighted by atomic mass is 19.1. The lowest BCUT2D eigenvalue weighted by atomic mass is 10.1. The van der Waals surface area contributed by atoms with Gasteiger partial charge in [0.1, 0.15) is 0 Å². The van der Waals surface area contributed by atoms with Crippen LogP contribution in [0.25, 0.3) is 0 Å². The number of rotatable bonds is 5. The highest BCUT2D eigenvalue weighted by Crippen LogP contribution is 2.28. The van der Waals surface area contributed by atoms with Gasteiger partial charge < -0.3 is 15.3 Å². The van der Waals surface area contributed by atoms with Crippen LogP contribution in [0.3, 0.4) is 0 Å². The maximum Gasteiger partial charge on any atom is 0.168 e. The molecule has 0 radical (unpaired) electrons. The number of nitrogens with one attached hydrogen (secondary N) is 1. The van der Waals surface area contributed by atoms with Crippen LogP contribution in [0.5, 0.6) is 0 Å². The molecule has 1 atom stereocenters. The molecule has 0 saturated carbocycles. The average Bonchev–Trinajstić information content (AvgIpc) is 2.82. The van der Waals surface area contributed by atoms with Crippen LogP contribution in [-0.2, 0) is 0 Å². The van der Waals surface area contributed by atoms with Crippen molar-refractivity contribution in [2.75, 3.05) is 36.5 Å². The number of pyridine rings is 1. The molecule has 0 spiro atoms. The molecule has 1 aliphatic rings. The minimum absolute atomic E-state index is 0.0875. The average molecular weight is 271 g/mol. The summed E-state index contributed by atoms with van der Waals surface area (Å²) >= 11 is 0. The Balaban J connectivity index is 2.18. The molecule has 1 aliphatic heterocycles. The van der Waals surface area contributed by atoms with Gasteiger partial charge in [-0.1, -0.05) is 0 Å². The molecule has 0 aliphatic carbocycles. The highest BCUT2D eigenvalue weighted by Gasteiger charge is 2.26. The summed E-state index contributed by atoms with van der Waals surface area (Å²) in [6, 6.07) is 0.875. The molecule has 2 N–H and O–H groups in total. The van der Waals surface area contributed by atoms with E-state index in [2.05, 4.69) is 10.3 Å². The summed E-state index contributed by atoms with van der Waals surface area (Å²) in [5, 5.41) is 11.7. The van der Waals surface area contributed by atoms with Crippen LogP contribution in [0.2, 0.25) is 0 Å². The molecule has 19 heavy (non-hydrogen) atoms. The van der Waals surface area contributed by atoms with Crippen molar-refractivity contribution in [1.82, 2.24) is 4.98 Å². The first-order valence-corrected chi connectivity index (χ1v) is 6.61. The van der Waals surface area contributed by atoms with Crippen LogP contribution in [-0.4, -0.2) is 36.3 Å². The van der Waals surface area contributed by atoms with E-state index in [4.69, 9.17) is 5.11 Å². The third-order valence-corrected chi connectivity index (χ3v) is 3.38. The molecule has 2 rings (SSSR count). The zero-order chi connectivity index (χ0) is 13.8. The van der Waals surface area contributed by atoms with Crippen molar-refractivity contribution in [3.8, 4) is 0 Å². The SMILES string of the molecule is CCNc1nc(N2CCC(CCO)C2)c(F)cc1F. The number of halogens is 2. The van der Waals surface area contributed by atoms with Gasteiger partial charge in [-0.3, -0.25) is 0 Å². The maximum absolute atomic E-state index is 13.8. The summed E-state index contributed by atoms with van der Waals surface area (Å²) in [6.45, 7) is 3.84. The lowest BCUT2D eigenvalue weighted by Crippen LogP contribution is -2.23. The second-order valence-electron chi connectivity index (χ2n) is 4.77. The molecule has 1 aromatic heterocycles. The first-order chi connectivity index (χ1) is 9.15. The zero-order valence-electron chi connectivity index (χ0n) is 11.0. The summed E-state index contributed by atoms with van der Waals surface area (Å²) in [4.78, 5) is 5.86. The molecule has 6 heteroatoms. The van der Waals surface area contributed by atoms with Gasteiger partial charge in [0.05, 0.1) is 0 Å². The van der Waals surface area contributed by atoms with Crippen molar-refractivity contribution in [2.24, 2.45) is 5.92 Å². The van der Waals surface area contributed by atoms with Crippen LogP contribution in [0.1, 0.15) is 19.8 Å². The van der Waals surface area contributed by atoms with Gasteiger partial charge in [0.2, 0.25) is 0 Å². The molecule has 0 aromatic carbocycles. The molecule has 1 aromatic rings. The predicted octanol–water partition coefficient (Wildman–Crippen LogP) is 2.00. The van der Waals surface area contributed by atoms with Gasteiger partial charge in [0.15, 0.2) is 23.3 Å². The number of aliphatic hydroxyl groups is 1. The minimum Gasteiger partial charge on any atom is -0.396 e. The molecule has 1 saturated heterocycles. The van der Waals surface area contributed by atoms with Crippen LogP contribution in [0.4, 0.5) is 20.4 Å². The summed E-state index contributed by atoms with van der Waals surface area (Å²) in [6.07, 6.45) is 1.61. The number of aromatic nitrogens is 1. The van der Waals surface area contributed by atoms with Gasteiger partial charge in [-0.25, -0.2) is 13.8 Å². The van der Waals surface area contributed by atoms with E-state index in [1.807, 2.05) is 11.8 Å². The fraction of sp³-hybridized carbons (Fsp3) is 0.615. The number of aliphatic hydroxyl groups excluding tert-OH is 1. The Bertz CT molecular complexity index is 442. The number of anilines is 2. The topological polar surface area (TPSA) is 48.4 Å². The number of hydrogen-bond acceptors (Lipinski definition) is 4. The van der Waals surface area contributed by atoms with E-state index in [9.17, 15) is 8.78 Å². The van der Waals surface area contributed by atoms with Crippen LogP contribution < -0.4 is 10.2 Å². The van der Waals surface area contributed by atoms with E-state index in [1.165, 1.54) is 0 Å². The monoisotopic (exact) mass is 271 g/mol. The van der Waals surface area contributed by atoms with E-state index < -0.39 is 11.6 Å². The standard InChI is InChI=1S/C13H19F2N3O/c1-2-16-12-10(14)7-11(15)13(17-12)18-5-3-9(8-18)4-6-19/h7,9,19H,2-6,8H2,1H3,(H,16,17). The second-order valence-corrected chi connectivity index (χ2v) is 4.77. The quantitative estimate of drug-likeness (QED) is 0.860. The van der Waals surface area contributed by atoms with E-state index in [0.717, 1.165) is 12.5 Å². The minimum atomic E-state index is -0.672. The summed E-state index contributed by atoms with van der Waals surface area (Å²) in [5.74, 6) is -0.681.